The van der Waals surface area contributed by atoms with Gasteiger partial charge in [0, 0.05) is 0 Å². The van der Waals surface area contributed by atoms with Crippen molar-refractivity contribution >= 4 is 35.5 Å². The molecule has 3 fully saturated rings. The Kier molecular flexibility index (Phi) is 23.9. The van der Waals surface area contributed by atoms with E-state index in [2.05, 4.69) is 117 Å². The van der Waals surface area contributed by atoms with Crippen LogP contribution in [0.25, 0.3) is 0 Å². The highest BCUT2D eigenvalue weighted by molar-refractivity contribution is 6.17. The molecule has 0 aromatic heterocycles. The van der Waals surface area contributed by atoms with Crippen LogP contribution in [-0.2, 0) is 38.1 Å². The summed E-state index contributed by atoms with van der Waals surface area (Å²) < 4.78 is 38.8. The molecular formula is C63H93ClO11. The fourth-order valence-corrected chi connectivity index (χ4v) is 9.38. The van der Waals surface area contributed by atoms with Crippen molar-refractivity contribution < 1.29 is 52.3 Å². The van der Waals surface area contributed by atoms with Crippen molar-refractivity contribution in [1.29, 1.82) is 0 Å². The van der Waals surface area contributed by atoms with E-state index < -0.39 is 46.9 Å². The van der Waals surface area contributed by atoms with E-state index in [4.69, 9.17) is 44.8 Å². The zero-order valence-electron chi connectivity index (χ0n) is 48.7. The fraction of sp³-hybridized carbons (Fsp3) is 0.651. The Morgan fingerprint density at radius 3 is 0.960 bits per heavy atom. The van der Waals surface area contributed by atoms with Gasteiger partial charge in [-0.05, 0) is 167 Å². The summed E-state index contributed by atoms with van der Waals surface area (Å²) in [5.74, 6) is 4.53. The number of para-hydroxylation sites is 3. The van der Waals surface area contributed by atoms with Gasteiger partial charge in [0.15, 0.2) is 6.07 Å². The SMILES string of the molecule is CC(C)c1cccc([C@H](C)C2CC2)c1OCCl.CC(C)c1cccc([C@H](C)C2CC2)c1OCOC(=O)[C@H](C)CC(=O)OC(C)(C)C.CC(C)c1cccc([C@H](C)C2CC2)c1OCOC(=O)[C@H](C)CC(=O)OC(C)(C)C. The Hall–Kier alpha value is -4.77. The smallest absolute Gasteiger partial charge is 0.312 e. The van der Waals surface area contributed by atoms with Crippen LogP contribution < -0.4 is 14.2 Å². The van der Waals surface area contributed by atoms with Crippen molar-refractivity contribution in [2.75, 3.05) is 19.7 Å². The van der Waals surface area contributed by atoms with Crippen LogP contribution in [0, 0.1) is 29.6 Å². The lowest BCUT2D eigenvalue weighted by Gasteiger charge is -2.22. The molecule has 3 aliphatic carbocycles. The first-order valence-corrected chi connectivity index (χ1v) is 28.3. The molecule has 0 bridgehead atoms. The van der Waals surface area contributed by atoms with Crippen LogP contribution in [0.3, 0.4) is 0 Å². The molecule has 3 saturated carbocycles. The summed E-state index contributed by atoms with van der Waals surface area (Å²) in [6.07, 6.45) is 7.70. The molecule has 0 saturated heterocycles. The molecular weight excluding hydrogens is 968 g/mol. The third-order valence-corrected chi connectivity index (χ3v) is 14.3. The first kappa shape index (κ1) is 62.8. The maximum Gasteiger partial charge on any atom is 0.312 e. The van der Waals surface area contributed by atoms with E-state index in [1.807, 2.05) is 0 Å². The average molecular weight is 1060 g/mol. The number of esters is 4. The van der Waals surface area contributed by atoms with Crippen LogP contribution >= 0.6 is 11.6 Å². The maximum atomic E-state index is 12.3. The highest BCUT2D eigenvalue weighted by Crippen LogP contribution is 2.49. The zero-order valence-corrected chi connectivity index (χ0v) is 49.4. The second kappa shape index (κ2) is 28.6. The first-order valence-electron chi connectivity index (χ1n) is 27.7. The minimum absolute atomic E-state index is 0.0113. The highest BCUT2D eigenvalue weighted by Gasteiger charge is 2.34. The molecule has 6 rings (SSSR count). The van der Waals surface area contributed by atoms with Crippen molar-refractivity contribution in [2.24, 2.45) is 29.6 Å². The number of carbonyl (C=O) groups is 4. The molecule has 0 N–H and O–H groups in total. The molecule has 11 nitrogen and oxygen atoms in total. The zero-order chi connectivity index (χ0) is 55.9. The van der Waals surface area contributed by atoms with Gasteiger partial charge in [0.2, 0.25) is 13.6 Å². The second-order valence-corrected chi connectivity index (χ2v) is 24.4. The van der Waals surface area contributed by atoms with Crippen LogP contribution in [0.5, 0.6) is 17.2 Å². The van der Waals surface area contributed by atoms with Crippen molar-refractivity contribution in [3.05, 3.63) is 88.0 Å². The normalized spacial score (nSPS) is 16.5. The molecule has 0 radical (unpaired) electrons. The molecule has 0 aliphatic heterocycles. The number of hydrogen-bond donors (Lipinski definition) is 0. The Morgan fingerprint density at radius 2 is 0.720 bits per heavy atom. The maximum absolute atomic E-state index is 12.3. The summed E-state index contributed by atoms with van der Waals surface area (Å²) >= 11 is 5.76. The molecule has 0 amide bonds. The fourth-order valence-electron chi connectivity index (χ4n) is 9.28. The number of halogens is 1. The predicted molar refractivity (Wildman–Crippen MR) is 299 cm³/mol. The van der Waals surface area contributed by atoms with E-state index >= 15 is 0 Å². The Labute approximate surface area is 456 Å². The van der Waals surface area contributed by atoms with Crippen LogP contribution in [0.15, 0.2) is 54.6 Å². The Morgan fingerprint density at radius 1 is 0.453 bits per heavy atom. The van der Waals surface area contributed by atoms with Gasteiger partial charge >= 0.3 is 23.9 Å². The number of ether oxygens (including phenoxy) is 7. The lowest BCUT2D eigenvalue weighted by molar-refractivity contribution is -0.163. The lowest BCUT2D eigenvalue weighted by atomic mass is 9.90. The molecule has 75 heavy (non-hydrogen) atoms. The Balaban J connectivity index is 0.000000252. The van der Waals surface area contributed by atoms with Gasteiger partial charge in [0.25, 0.3) is 0 Å². The summed E-state index contributed by atoms with van der Waals surface area (Å²) in [5, 5.41) is 0. The van der Waals surface area contributed by atoms with Gasteiger partial charge in [-0.25, -0.2) is 0 Å². The second-order valence-electron chi connectivity index (χ2n) is 24.2. The van der Waals surface area contributed by atoms with Gasteiger partial charge in [0.1, 0.15) is 28.5 Å². The van der Waals surface area contributed by atoms with E-state index in [1.54, 1.807) is 55.4 Å². The molecule has 12 heteroatoms. The van der Waals surface area contributed by atoms with Crippen LogP contribution in [0.2, 0.25) is 0 Å². The summed E-state index contributed by atoms with van der Waals surface area (Å²) in [7, 11) is 0. The van der Waals surface area contributed by atoms with Crippen molar-refractivity contribution in [1.82, 2.24) is 0 Å². The largest absolute Gasteiger partial charge is 0.477 e. The van der Waals surface area contributed by atoms with Gasteiger partial charge in [-0.1, -0.05) is 142 Å². The van der Waals surface area contributed by atoms with E-state index in [-0.39, 0.29) is 32.5 Å². The number of hydrogen-bond acceptors (Lipinski definition) is 11. The minimum atomic E-state index is -0.585. The predicted octanol–water partition coefficient (Wildman–Crippen LogP) is 16.0. The Bertz CT molecular complexity index is 2190. The number of rotatable bonds is 23. The quantitative estimate of drug-likeness (QED) is 0.0389. The van der Waals surface area contributed by atoms with Crippen molar-refractivity contribution in [3.63, 3.8) is 0 Å². The molecule has 5 atom stereocenters. The highest BCUT2D eigenvalue weighted by atomic mass is 35.5. The van der Waals surface area contributed by atoms with Crippen LogP contribution in [-0.4, -0.2) is 54.7 Å². The summed E-state index contributed by atoms with van der Waals surface area (Å²) in [5.41, 5.74) is 6.06. The van der Waals surface area contributed by atoms with E-state index in [0.29, 0.717) is 47.3 Å². The van der Waals surface area contributed by atoms with Gasteiger partial charge in [-0.3, -0.25) is 19.2 Å². The first-order chi connectivity index (χ1) is 35.1. The molecule has 418 valence electrons. The summed E-state index contributed by atoms with van der Waals surface area (Å²) in [6.45, 7) is 33.5. The number of benzene rings is 3. The van der Waals surface area contributed by atoms with Crippen molar-refractivity contribution in [2.45, 2.75) is 216 Å². The molecule has 0 heterocycles. The number of alkyl halides is 1. The van der Waals surface area contributed by atoms with Crippen molar-refractivity contribution in [3.8, 4) is 17.2 Å². The van der Waals surface area contributed by atoms with Gasteiger partial charge in [-0.2, -0.15) is 0 Å². The van der Waals surface area contributed by atoms with Crippen LogP contribution in [0.1, 0.15) is 238 Å². The standard InChI is InChI=1S/2C24H36O5.C15H21ClO/c2*1-15(2)19-9-8-10-20(17(4)18-11-12-18)22(19)27-14-28-23(26)16(3)13-21(25)29-24(5,6)7;1-10(2)13-5-4-6-14(15(13)17-9-16)11(3)12-7-8-12/h2*8-10,15-18H,11-14H2,1-7H3;4-6,10-12H,7-9H2,1-3H3/t2*16-,17-;11-/m111/s1. The van der Waals surface area contributed by atoms with Gasteiger partial charge in [0.05, 0.1) is 24.7 Å². The lowest BCUT2D eigenvalue weighted by Crippen LogP contribution is -2.27. The molecule has 0 unspecified atom stereocenters. The topological polar surface area (TPSA) is 133 Å². The van der Waals surface area contributed by atoms with E-state index in [1.165, 1.54) is 60.8 Å². The van der Waals surface area contributed by atoms with Gasteiger partial charge < -0.3 is 33.2 Å². The van der Waals surface area contributed by atoms with E-state index in [9.17, 15) is 19.2 Å². The molecule has 3 aromatic carbocycles. The number of carbonyl (C=O) groups excluding carboxylic acids is 4. The van der Waals surface area contributed by atoms with Crippen LogP contribution in [0.4, 0.5) is 0 Å². The average Bonchev–Trinajstić information content (AvgIpc) is 4.14. The third kappa shape index (κ3) is 20.6. The monoisotopic (exact) mass is 1060 g/mol. The van der Waals surface area contributed by atoms with E-state index in [0.717, 1.165) is 34.3 Å². The summed E-state index contributed by atoms with van der Waals surface area (Å²) in [4.78, 5) is 48.4. The summed E-state index contributed by atoms with van der Waals surface area (Å²) in [6, 6.07) is 19.2. The van der Waals surface area contributed by atoms with Gasteiger partial charge in [-0.15, -0.1) is 0 Å². The molecule has 3 aromatic rings. The molecule has 3 aliphatic rings. The molecule has 0 spiro atoms. The minimum Gasteiger partial charge on any atom is -0.477 e. The third-order valence-electron chi connectivity index (χ3n) is 14.2.